The summed E-state index contributed by atoms with van der Waals surface area (Å²) < 4.78 is 48.3. The zero-order chi connectivity index (χ0) is 15.3. The maximum atomic E-state index is 12.5. The standard InChI is InChI=1S/C11H13F3N2O3S/c1-20(19)6-2-5-15-9-4-3-8(11(12,13)14)7-10(9)16(17)18/h3-4,7,15H,2,5-6H2,1H3/t20-/m0/s1. The molecule has 0 radical (unpaired) electrons. The van der Waals surface area contributed by atoms with Crippen LogP contribution in [-0.2, 0) is 17.0 Å². The third-order valence-electron chi connectivity index (χ3n) is 2.45. The molecule has 0 saturated carbocycles. The number of nitro benzene ring substituents is 1. The number of hydrogen-bond donors (Lipinski definition) is 1. The number of nitrogens with one attached hydrogen (secondary N) is 1. The van der Waals surface area contributed by atoms with Crippen molar-refractivity contribution in [3.05, 3.63) is 33.9 Å². The first-order valence-electron chi connectivity index (χ1n) is 5.61. The molecular weight excluding hydrogens is 297 g/mol. The molecule has 1 N–H and O–H groups in total. The maximum Gasteiger partial charge on any atom is 0.416 e. The second-order valence-corrected chi connectivity index (χ2v) is 5.60. The fourth-order valence-corrected chi connectivity index (χ4v) is 2.06. The number of halogens is 3. The highest BCUT2D eigenvalue weighted by Crippen LogP contribution is 2.34. The first-order valence-corrected chi connectivity index (χ1v) is 7.34. The van der Waals surface area contributed by atoms with E-state index in [9.17, 15) is 27.5 Å². The fourth-order valence-electron chi connectivity index (χ4n) is 1.51. The first-order chi connectivity index (χ1) is 9.21. The van der Waals surface area contributed by atoms with E-state index in [1.54, 1.807) is 0 Å². The van der Waals surface area contributed by atoms with Gasteiger partial charge in [0.1, 0.15) is 5.69 Å². The molecule has 1 atom stereocenters. The van der Waals surface area contributed by atoms with Gasteiger partial charge in [-0.25, -0.2) is 0 Å². The van der Waals surface area contributed by atoms with E-state index in [2.05, 4.69) is 5.32 Å². The molecule has 0 saturated heterocycles. The molecule has 1 aromatic carbocycles. The van der Waals surface area contributed by atoms with E-state index in [1.807, 2.05) is 0 Å². The van der Waals surface area contributed by atoms with E-state index in [1.165, 1.54) is 6.26 Å². The molecule has 0 aliphatic heterocycles. The van der Waals surface area contributed by atoms with Crippen LogP contribution in [0.5, 0.6) is 0 Å². The van der Waals surface area contributed by atoms with Gasteiger partial charge in [0, 0.05) is 35.4 Å². The van der Waals surface area contributed by atoms with Crippen molar-refractivity contribution in [3.63, 3.8) is 0 Å². The molecule has 1 rings (SSSR count). The van der Waals surface area contributed by atoms with E-state index in [4.69, 9.17) is 0 Å². The summed E-state index contributed by atoms with van der Waals surface area (Å²) in [6, 6.07) is 2.32. The van der Waals surface area contributed by atoms with Gasteiger partial charge in [-0.1, -0.05) is 0 Å². The van der Waals surface area contributed by atoms with Gasteiger partial charge in [0.2, 0.25) is 0 Å². The van der Waals surface area contributed by atoms with Gasteiger partial charge in [0.05, 0.1) is 10.5 Å². The van der Waals surface area contributed by atoms with Crippen LogP contribution in [0.3, 0.4) is 0 Å². The van der Waals surface area contributed by atoms with Gasteiger partial charge >= 0.3 is 6.18 Å². The Balaban J connectivity index is 2.86. The summed E-state index contributed by atoms with van der Waals surface area (Å²) in [4.78, 5) is 9.93. The molecule has 5 nitrogen and oxygen atoms in total. The van der Waals surface area contributed by atoms with Gasteiger partial charge in [-0.15, -0.1) is 0 Å². The van der Waals surface area contributed by atoms with Crippen molar-refractivity contribution in [1.82, 2.24) is 0 Å². The van der Waals surface area contributed by atoms with Crippen molar-refractivity contribution >= 4 is 22.2 Å². The van der Waals surface area contributed by atoms with Gasteiger partial charge in [0.15, 0.2) is 0 Å². The number of alkyl halides is 3. The predicted octanol–water partition coefficient (Wildman–Crippen LogP) is 2.79. The summed E-state index contributed by atoms with van der Waals surface area (Å²) in [5.74, 6) is 0.418. The van der Waals surface area contributed by atoms with E-state index in [0.29, 0.717) is 24.8 Å². The van der Waals surface area contributed by atoms with Gasteiger partial charge in [-0.3, -0.25) is 14.3 Å². The Kier molecular flexibility index (Phi) is 5.49. The molecule has 0 aliphatic rings. The summed E-state index contributed by atoms with van der Waals surface area (Å²) in [6.45, 7) is 0.297. The Bertz CT molecular complexity index is 520. The molecule has 0 spiro atoms. The molecule has 0 amide bonds. The van der Waals surface area contributed by atoms with Crippen LogP contribution < -0.4 is 5.32 Å². The minimum Gasteiger partial charge on any atom is -0.379 e. The summed E-state index contributed by atoms with van der Waals surface area (Å²) in [6.07, 6.45) is -2.59. The lowest BCUT2D eigenvalue weighted by Gasteiger charge is -2.10. The van der Waals surface area contributed by atoms with E-state index in [0.717, 1.165) is 12.1 Å². The Hall–Kier alpha value is -1.64. The fraction of sp³-hybridized carbons (Fsp3) is 0.455. The van der Waals surface area contributed by atoms with Crippen LogP contribution in [0.25, 0.3) is 0 Å². The highest BCUT2D eigenvalue weighted by Gasteiger charge is 2.32. The average molecular weight is 310 g/mol. The Morgan fingerprint density at radius 1 is 1.40 bits per heavy atom. The lowest BCUT2D eigenvalue weighted by Crippen LogP contribution is -2.10. The molecule has 0 unspecified atom stereocenters. The Labute approximate surface area is 115 Å². The maximum absolute atomic E-state index is 12.5. The predicted molar refractivity (Wildman–Crippen MR) is 70.1 cm³/mol. The van der Waals surface area contributed by atoms with Gasteiger partial charge in [0.25, 0.3) is 5.69 Å². The number of nitrogens with zero attached hydrogens (tertiary/aromatic N) is 1. The minimum atomic E-state index is -4.62. The normalized spacial score (nSPS) is 13.0. The number of benzene rings is 1. The summed E-state index contributed by atoms with van der Waals surface area (Å²) >= 11 is 0. The quantitative estimate of drug-likeness (QED) is 0.498. The van der Waals surface area contributed by atoms with Crippen molar-refractivity contribution in [3.8, 4) is 0 Å². The molecule has 9 heteroatoms. The molecule has 0 bridgehead atoms. The largest absolute Gasteiger partial charge is 0.416 e. The number of hydrogen-bond acceptors (Lipinski definition) is 4. The Morgan fingerprint density at radius 2 is 2.05 bits per heavy atom. The van der Waals surface area contributed by atoms with Crippen molar-refractivity contribution < 1.29 is 22.3 Å². The second-order valence-electron chi connectivity index (χ2n) is 4.04. The topological polar surface area (TPSA) is 72.2 Å². The lowest BCUT2D eigenvalue weighted by molar-refractivity contribution is -0.384. The molecule has 0 heterocycles. The minimum absolute atomic E-state index is 0.0184. The van der Waals surface area contributed by atoms with E-state index < -0.39 is 33.2 Å². The van der Waals surface area contributed by atoms with E-state index >= 15 is 0 Å². The number of rotatable bonds is 6. The number of anilines is 1. The van der Waals surface area contributed by atoms with Gasteiger partial charge < -0.3 is 5.32 Å². The van der Waals surface area contributed by atoms with Gasteiger partial charge in [-0.2, -0.15) is 13.2 Å². The third kappa shape index (κ3) is 4.80. The highest BCUT2D eigenvalue weighted by atomic mass is 32.2. The molecule has 20 heavy (non-hydrogen) atoms. The highest BCUT2D eigenvalue weighted by molar-refractivity contribution is 7.84. The monoisotopic (exact) mass is 310 g/mol. The van der Waals surface area contributed by atoms with E-state index in [-0.39, 0.29) is 5.69 Å². The Morgan fingerprint density at radius 3 is 2.55 bits per heavy atom. The summed E-state index contributed by atoms with van der Waals surface area (Å²) in [5, 5.41) is 13.5. The molecule has 0 aliphatic carbocycles. The zero-order valence-corrected chi connectivity index (χ0v) is 11.4. The number of nitro groups is 1. The van der Waals surface area contributed by atoms with Crippen LogP contribution in [-0.4, -0.2) is 27.7 Å². The third-order valence-corrected chi connectivity index (χ3v) is 3.31. The first kappa shape index (κ1) is 16.4. The second kappa shape index (κ2) is 6.69. The van der Waals surface area contributed by atoms with Gasteiger partial charge in [-0.05, 0) is 18.6 Å². The van der Waals surface area contributed by atoms with Crippen LogP contribution >= 0.6 is 0 Å². The summed E-state index contributed by atoms with van der Waals surface area (Å²) in [7, 11) is -0.976. The molecular formula is C11H13F3N2O3S. The smallest absolute Gasteiger partial charge is 0.379 e. The molecule has 1 aromatic rings. The molecule has 0 fully saturated rings. The average Bonchev–Trinajstić information content (AvgIpc) is 2.33. The molecule has 112 valence electrons. The van der Waals surface area contributed by atoms with Crippen molar-refractivity contribution in [2.45, 2.75) is 12.6 Å². The van der Waals surface area contributed by atoms with Crippen LogP contribution in [0.2, 0.25) is 0 Å². The lowest BCUT2D eigenvalue weighted by atomic mass is 10.1. The van der Waals surface area contributed by atoms with Crippen molar-refractivity contribution in [1.29, 1.82) is 0 Å². The van der Waals surface area contributed by atoms with Crippen LogP contribution in [0.1, 0.15) is 12.0 Å². The SMILES string of the molecule is C[S@](=O)CCCNc1ccc(C(F)(F)F)cc1[N+](=O)[O-]. The van der Waals surface area contributed by atoms with Crippen molar-refractivity contribution in [2.75, 3.05) is 23.9 Å². The van der Waals surface area contributed by atoms with Crippen LogP contribution in [0.4, 0.5) is 24.5 Å². The zero-order valence-electron chi connectivity index (χ0n) is 10.6. The van der Waals surface area contributed by atoms with Crippen LogP contribution in [0, 0.1) is 10.1 Å². The summed E-state index contributed by atoms with van der Waals surface area (Å²) in [5.41, 5.74) is -1.67. The van der Waals surface area contributed by atoms with Crippen molar-refractivity contribution in [2.24, 2.45) is 0 Å². The molecule has 0 aromatic heterocycles. The van der Waals surface area contributed by atoms with Crippen LogP contribution in [0.15, 0.2) is 18.2 Å².